The predicted octanol–water partition coefficient (Wildman–Crippen LogP) is 2.38. The summed E-state index contributed by atoms with van der Waals surface area (Å²) in [7, 11) is 0. The topological polar surface area (TPSA) is 50.9 Å². The summed E-state index contributed by atoms with van der Waals surface area (Å²) in [5, 5.41) is 4.13. The number of thioether (sulfide) groups is 1. The molecule has 3 nitrogen and oxygen atoms in total. The fourth-order valence-corrected chi connectivity index (χ4v) is 3.14. The van der Waals surface area contributed by atoms with E-state index in [0.29, 0.717) is 0 Å². The first kappa shape index (κ1) is 11.2. The van der Waals surface area contributed by atoms with E-state index < -0.39 is 4.87 Å². The summed E-state index contributed by atoms with van der Waals surface area (Å²) in [4.78, 5) is 4.06. The monoisotopic (exact) mass is 255 g/mol. The molecule has 1 unspecified atom stereocenters. The van der Waals surface area contributed by atoms with Gasteiger partial charge in [-0.1, -0.05) is 48.2 Å². The Balaban J connectivity index is 2.12. The number of benzene rings is 1. The van der Waals surface area contributed by atoms with Crippen LogP contribution >= 0.6 is 11.8 Å². The highest BCUT2D eigenvalue weighted by Crippen LogP contribution is 2.45. The number of hydrogen-bond acceptors (Lipinski definition) is 4. The van der Waals surface area contributed by atoms with Gasteiger partial charge in [0.25, 0.3) is 0 Å². The molecule has 3 rings (SSSR count). The van der Waals surface area contributed by atoms with Crippen LogP contribution in [0.4, 0.5) is 0 Å². The van der Waals surface area contributed by atoms with Crippen LogP contribution < -0.4 is 11.1 Å². The summed E-state index contributed by atoms with van der Waals surface area (Å²) >= 11 is 1.58. The number of nitrogens with zero attached hydrogens (tertiary/aromatic N) is 1. The Bertz CT molecular complexity index is 527. The largest absolute Gasteiger partial charge is 0.392 e. The lowest BCUT2D eigenvalue weighted by atomic mass is 10.0. The molecule has 0 aliphatic carbocycles. The van der Waals surface area contributed by atoms with E-state index in [9.17, 15) is 0 Å². The average Bonchev–Trinajstić information content (AvgIpc) is 2.84. The first-order valence-corrected chi connectivity index (χ1v) is 6.52. The van der Waals surface area contributed by atoms with Crippen LogP contribution in [0.3, 0.4) is 0 Å². The normalized spacial score (nSPS) is 22.3. The SMILES string of the molecule is NC1=CNC(c2ccccc2)(c2ccccn2)S1. The maximum Gasteiger partial charge on any atom is 0.158 e. The molecule has 0 saturated carbocycles. The van der Waals surface area contributed by atoms with Gasteiger partial charge < -0.3 is 11.1 Å². The van der Waals surface area contributed by atoms with Gasteiger partial charge in [-0.25, -0.2) is 0 Å². The minimum absolute atomic E-state index is 0.410. The second-order valence-electron chi connectivity index (χ2n) is 4.06. The number of nitrogens with one attached hydrogen (secondary N) is 1. The first-order chi connectivity index (χ1) is 8.81. The van der Waals surface area contributed by atoms with E-state index >= 15 is 0 Å². The molecular weight excluding hydrogens is 242 g/mol. The van der Waals surface area contributed by atoms with Crippen LogP contribution in [0.2, 0.25) is 0 Å². The van der Waals surface area contributed by atoms with Crippen LogP contribution in [0.25, 0.3) is 0 Å². The van der Waals surface area contributed by atoms with Crippen molar-refractivity contribution in [3.8, 4) is 0 Å². The van der Waals surface area contributed by atoms with Crippen LogP contribution in [0, 0.1) is 0 Å². The quantitative estimate of drug-likeness (QED) is 0.865. The number of rotatable bonds is 2. The van der Waals surface area contributed by atoms with Gasteiger partial charge in [-0.2, -0.15) is 0 Å². The van der Waals surface area contributed by atoms with Crippen molar-refractivity contribution in [2.75, 3.05) is 0 Å². The minimum Gasteiger partial charge on any atom is -0.392 e. The third-order valence-corrected chi connectivity index (χ3v) is 4.12. The minimum atomic E-state index is -0.410. The van der Waals surface area contributed by atoms with Crippen molar-refractivity contribution in [1.29, 1.82) is 0 Å². The maximum absolute atomic E-state index is 5.92. The van der Waals surface area contributed by atoms with Crippen molar-refractivity contribution in [2.24, 2.45) is 5.73 Å². The third kappa shape index (κ3) is 1.75. The third-order valence-electron chi connectivity index (χ3n) is 2.89. The Kier molecular flexibility index (Phi) is 2.72. The standard InChI is InChI=1S/C14H13N3S/c15-13-10-17-14(18-13,11-6-2-1-3-7-11)12-8-4-5-9-16-12/h1-10,17H,15H2. The van der Waals surface area contributed by atoms with E-state index in [2.05, 4.69) is 22.4 Å². The van der Waals surface area contributed by atoms with Crippen LogP contribution in [-0.4, -0.2) is 4.98 Å². The molecule has 2 heterocycles. The van der Waals surface area contributed by atoms with Gasteiger partial charge in [-0.3, -0.25) is 4.98 Å². The number of pyridine rings is 1. The van der Waals surface area contributed by atoms with Gasteiger partial charge >= 0.3 is 0 Å². The zero-order chi connectivity index (χ0) is 12.4. The summed E-state index contributed by atoms with van der Waals surface area (Å²) < 4.78 is 0. The highest BCUT2D eigenvalue weighted by molar-refractivity contribution is 8.04. The van der Waals surface area contributed by atoms with Gasteiger partial charge in [-0.15, -0.1) is 0 Å². The second-order valence-corrected chi connectivity index (χ2v) is 5.34. The van der Waals surface area contributed by atoms with E-state index in [1.165, 1.54) is 0 Å². The van der Waals surface area contributed by atoms with Gasteiger partial charge in [0.2, 0.25) is 0 Å². The number of nitrogens with two attached hydrogens (primary N) is 1. The van der Waals surface area contributed by atoms with Crippen molar-refractivity contribution in [1.82, 2.24) is 10.3 Å². The smallest absolute Gasteiger partial charge is 0.158 e. The van der Waals surface area contributed by atoms with Crippen molar-refractivity contribution in [3.05, 3.63) is 77.2 Å². The first-order valence-electron chi connectivity index (χ1n) is 5.71. The molecule has 2 aromatic rings. The van der Waals surface area contributed by atoms with Crippen molar-refractivity contribution < 1.29 is 0 Å². The molecule has 1 aromatic heterocycles. The summed E-state index contributed by atoms with van der Waals surface area (Å²) in [5.41, 5.74) is 8.02. The van der Waals surface area contributed by atoms with Crippen LogP contribution in [0.5, 0.6) is 0 Å². The summed E-state index contributed by atoms with van der Waals surface area (Å²) in [5.74, 6) is 0. The van der Waals surface area contributed by atoms with Gasteiger partial charge in [-0.05, 0) is 17.7 Å². The fraction of sp³-hybridized carbons (Fsp3) is 0.0714. The maximum atomic E-state index is 5.92. The molecule has 1 aromatic carbocycles. The fourth-order valence-electron chi connectivity index (χ4n) is 2.07. The van der Waals surface area contributed by atoms with E-state index in [1.807, 2.05) is 42.6 Å². The van der Waals surface area contributed by atoms with Crippen molar-refractivity contribution in [3.63, 3.8) is 0 Å². The van der Waals surface area contributed by atoms with Gasteiger partial charge in [0.1, 0.15) is 0 Å². The van der Waals surface area contributed by atoms with E-state index in [0.717, 1.165) is 16.3 Å². The summed E-state index contributed by atoms with van der Waals surface area (Å²) in [6.45, 7) is 0. The summed E-state index contributed by atoms with van der Waals surface area (Å²) in [6.07, 6.45) is 3.64. The van der Waals surface area contributed by atoms with Crippen molar-refractivity contribution >= 4 is 11.8 Å². The molecule has 0 bridgehead atoms. The molecule has 0 spiro atoms. The molecule has 90 valence electrons. The molecule has 1 aliphatic rings. The molecule has 0 amide bonds. The lowest BCUT2D eigenvalue weighted by Crippen LogP contribution is -2.35. The Morgan fingerprint density at radius 2 is 1.83 bits per heavy atom. The molecule has 0 radical (unpaired) electrons. The Hall–Kier alpha value is -1.94. The zero-order valence-corrected chi connectivity index (χ0v) is 10.5. The highest BCUT2D eigenvalue weighted by Gasteiger charge is 2.39. The van der Waals surface area contributed by atoms with E-state index in [4.69, 9.17) is 5.73 Å². The van der Waals surface area contributed by atoms with Crippen LogP contribution in [0.1, 0.15) is 11.3 Å². The second kappa shape index (κ2) is 4.38. The number of aromatic nitrogens is 1. The van der Waals surface area contributed by atoms with Gasteiger partial charge in [0.15, 0.2) is 4.87 Å². The lowest BCUT2D eigenvalue weighted by Gasteiger charge is -2.29. The van der Waals surface area contributed by atoms with Crippen LogP contribution in [0.15, 0.2) is 66.0 Å². The summed E-state index contributed by atoms with van der Waals surface area (Å²) in [6, 6.07) is 16.1. The Labute approximate surface area is 110 Å². The molecule has 4 heteroatoms. The molecule has 18 heavy (non-hydrogen) atoms. The van der Waals surface area contributed by atoms with E-state index in [1.54, 1.807) is 18.0 Å². The number of hydrogen-bond donors (Lipinski definition) is 2. The Morgan fingerprint density at radius 1 is 1.06 bits per heavy atom. The molecule has 1 atom stereocenters. The van der Waals surface area contributed by atoms with Gasteiger partial charge in [0, 0.05) is 12.4 Å². The molecule has 3 N–H and O–H groups in total. The van der Waals surface area contributed by atoms with Crippen LogP contribution in [-0.2, 0) is 4.87 Å². The van der Waals surface area contributed by atoms with Crippen molar-refractivity contribution in [2.45, 2.75) is 4.87 Å². The van der Waals surface area contributed by atoms with E-state index in [-0.39, 0.29) is 0 Å². The predicted molar refractivity (Wildman–Crippen MR) is 74.5 cm³/mol. The molecule has 1 aliphatic heterocycles. The Morgan fingerprint density at radius 3 is 2.44 bits per heavy atom. The molecule has 0 fully saturated rings. The molecular formula is C14H13N3S. The molecule has 0 saturated heterocycles. The highest BCUT2D eigenvalue weighted by atomic mass is 32.2. The lowest BCUT2D eigenvalue weighted by molar-refractivity contribution is 0.653. The average molecular weight is 255 g/mol. The zero-order valence-electron chi connectivity index (χ0n) is 9.71. The van der Waals surface area contributed by atoms with Gasteiger partial charge in [0.05, 0.1) is 10.7 Å².